The Morgan fingerprint density at radius 1 is 0.409 bits per heavy atom. The summed E-state index contributed by atoms with van der Waals surface area (Å²) in [6.45, 7) is 0. The predicted molar refractivity (Wildman–Crippen MR) is 183 cm³/mol. The van der Waals surface area contributed by atoms with E-state index < -0.39 is 0 Å². The predicted octanol–water partition coefficient (Wildman–Crippen LogP) is 11.0. The van der Waals surface area contributed by atoms with E-state index in [1.807, 2.05) is 12.1 Å². The average Bonchev–Trinajstić information content (AvgIpc) is 3.64. The van der Waals surface area contributed by atoms with Gasteiger partial charge in [0.05, 0.1) is 28.8 Å². The molecule has 0 spiro atoms. The molecule has 0 saturated carbocycles. The van der Waals surface area contributed by atoms with Crippen LogP contribution in [0, 0.1) is 34.0 Å². The van der Waals surface area contributed by atoms with E-state index in [1.54, 1.807) is 40.9 Å². The lowest BCUT2D eigenvalue weighted by atomic mass is 9.85. The van der Waals surface area contributed by atoms with Crippen LogP contribution in [-0.2, 0) is 0 Å². The highest BCUT2D eigenvalue weighted by molar-refractivity contribution is 7.26. The fourth-order valence-corrected chi connectivity index (χ4v) is 8.41. The summed E-state index contributed by atoms with van der Waals surface area (Å²) >= 11 is 3.51. The molecule has 0 aliphatic carbocycles. The first kappa shape index (κ1) is 25.9. The number of nitrogens with zero attached hydrogens (tertiary/aromatic N) is 3. The van der Waals surface area contributed by atoms with Gasteiger partial charge < -0.3 is 0 Å². The molecule has 0 N–H and O–H groups in total. The van der Waals surface area contributed by atoms with Gasteiger partial charge in [-0.25, -0.2) is 0 Å². The number of thiophene rings is 2. The Bertz CT molecular complexity index is 2570. The number of hydrogen-bond acceptors (Lipinski definition) is 5. The quantitative estimate of drug-likeness (QED) is 0.205. The van der Waals surface area contributed by atoms with E-state index in [-0.39, 0.29) is 0 Å². The van der Waals surface area contributed by atoms with Crippen molar-refractivity contribution in [3.63, 3.8) is 0 Å². The number of benzene rings is 6. The van der Waals surface area contributed by atoms with Crippen LogP contribution in [0.25, 0.3) is 73.7 Å². The van der Waals surface area contributed by atoms with Crippen LogP contribution < -0.4 is 0 Å². The van der Waals surface area contributed by atoms with Crippen LogP contribution >= 0.6 is 22.7 Å². The monoisotopic (exact) mass is 593 g/mol. The normalized spacial score (nSPS) is 11.1. The average molecular weight is 594 g/mol. The molecule has 0 amide bonds. The van der Waals surface area contributed by atoms with Gasteiger partial charge in [0, 0.05) is 57.0 Å². The molecule has 0 aliphatic rings. The number of nitriles is 3. The van der Waals surface area contributed by atoms with Crippen LogP contribution in [0.5, 0.6) is 0 Å². The van der Waals surface area contributed by atoms with Crippen molar-refractivity contribution in [3.8, 4) is 51.6 Å². The molecule has 5 heteroatoms. The fraction of sp³-hybridized carbons (Fsp3) is 0. The van der Waals surface area contributed by atoms with Crippen molar-refractivity contribution in [2.75, 3.05) is 0 Å². The molecular weight excluding hydrogens is 575 g/mol. The first-order valence-corrected chi connectivity index (χ1v) is 15.6. The summed E-state index contributed by atoms with van der Waals surface area (Å²) in [6, 6.07) is 45.7. The van der Waals surface area contributed by atoms with E-state index in [9.17, 15) is 15.8 Å². The first-order chi connectivity index (χ1) is 21.7. The summed E-state index contributed by atoms with van der Waals surface area (Å²) in [6.07, 6.45) is 0. The van der Waals surface area contributed by atoms with E-state index in [1.165, 1.54) is 35.0 Å². The Hall–Kier alpha value is -5.77. The fourth-order valence-electron chi connectivity index (χ4n) is 6.18. The third-order valence-corrected chi connectivity index (χ3v) is 10.5. The second kappa shape index (κ2) is 10.2. The lowest BCUT2D eigenvalue weighted by Gasteiger charge is -2.16. The zero-order valence-electron chi connectivity index (χ0n) is 23.1. The summed E-state index contributed by atoms with van der Waals surface area (Å²) < 4.78 is 4.81. The van der Waals surface area contributed by atoms with Crippen molar-refractivity contribution in [1.29, 1.82) is 15.8 Å². The zero-order valence-corrected chi connectivity index (χ0v) is 24.8. The minimum absolute atomic E-state index is 0.364. The van der Waals surface area contributed by atoms with Crippen molar-refractivity contribution < 1.29 is 0 Å². The third kappa shape index (κ3) is 3.98. The molecule has 0 fully saturated rings. The first-order valence-electron chi connectivity index (χ1n) is 14.0. The summed E-state index contributed by atoms with van der Waals surface area (Å²) in [4.78, 5) is 0. The summed E-state index contributed by atoms with van der Waals surface area (Å²) in [5.74, 6) is 0. The highest BCUT2D eigenvalue weighted by Crippen LogP contribution is 2.43. The standard InChI is InChI=1S/C39H19N3S2/c40-20-25-6-5-7-26(21-41)39(25)33-18-27(23-12-14-30-28-8-1-3-10-35(28)44-38(30)19-23)17-31(34(33)22-42)24-13-15-37-32(16-24)29-9-2-4-11-36(29)43-37/h1-19H. The molecule has 0 aliphatic heterocycles. The molecule has 8 aromatic rings. The molecule has 2 heterocycles. The van der Waals surface area contributed by atoms with E-state index in [0.717, 1.165) is 27.6 Å². The van der Waals surface area contributed by atoms with Crippen LogP contribution in [-0.4, -0.2) is 0 Å². The van der Waals surface area contributed by atoms with Gasteiger partial charge in [0.1, 0.15) is 6.07 Å². The van der Waals surface area contributed by atoms with E-state index >= 15 is 0 Å². The molecule has 3 nitrogen and oxygen atoms in total. The van der Waals surface area contributed by atoms with Gasteiger partial charge in [-0.15, -0.1) is 22.7 Å². The number of hydrogen-bond donors (Lipinski definition) is 0. The lowest BCUT2D eigenvalue weighted by molar-refractivity contribution is 1.42. The van der Waals surface area contributed by atoms with E-state index in [2.05, 4.69) is 103 Å². The van der Waals surface area contributed by atoms with Crippen molar-refractivity contribution in [3.05, 3.63) is 132 Å². The van der Waals surface area contributed by atoms with E-state index in [4.69, 9.17) is 0 Å². The van der Waals surface area contributed by atoms with Crippen molar-refractivity contribution in [2.24, 2.45) is 0 Å². The molecule has 6 aromatic carbocycles. The molecule has 0 saturated heterocycles. The van der Waals surface area contributed by atoms with Crippen LogP contribution in [0.3, 0.4) is 0 Å². The Kier molecular flexibility index (Phi) is 6.00. The van der Waals surface area contributed by atoms with Crippen LogP contribution in [0.2, 0.25) is 0 Å². The van der Waals surface area contributed by atoms with Crippen molar-refractivity contribution in [1.82, 2.24) is 0 Å². The Balaban J connectivity index is 1.44. The Labute approximate surface area is 261 Å². The SMILES string of the molecule is N#Cc1cccc(C#N)c1-c1cc(-c2ccc3c(c2)sc2ccccc23)cc(-c2ccc3sc4ccccc4c3c2)c1C#N. The van der Waals surface area contributed by atoms with Crippen LogP contribution in [0.4, 0.5) is 0 Å². The molecule has 8 rings (SSSR count). The second-order valence-corrected chi connectivity index (χ2v) is 12.8. The molecule has 44 heavy (non-hydrogen) atoms. The van der Waals surface area contributed by atoms with Crippen LogP contribution in [0.15, 0.2) is 115 Å². The van der Waals surface area contributed by atoms with Gasteiger partial charge >= 0.3 is 0 Å². The molecule has 0 unspecified atom stereocenters. The summed E-state index contributed by atoms with van der Waals surface area (Å²) in [7, 11) is 0. The van der Waals surface area contributed by atoms with Crippen LogP contribution in [0.1, 0.15) is 16.7 Å². The minimum atomic E-state index is 0.364. The molecule has 2 aromatic heterocycles. The summed E-state index contributed by atoms with van der Waals surface area (Å²) in [5.41, 5.74) is 5.84. The maximum absolute atomic E-state index is 10.7. The Morgan fingerprint density at radius 3 is 1.70 bits per heavy atom. The van der Waals surface area contributed by atoms with Gasteiger partial charge in [-0.2, -0.15) is 15.8 Å². The summed E-state index contributed by atoms with van der Waals surface area (Å²) in [5, 5.41) is 35.6. The number of rotatable bonds is 3. The zero-order chi connectivity index (χ0) is 29.8. The van der Waals surface area contributed by atoms with Gasteiger partial charge in [0.15, 0.2) is 0 Å². The maximum Gasteiger partial charge on any atom is 0.100 e. The van der Waals surface area contributed by atoms with Gasteiger partial charge in [-0.1, -0.05) is 60.7 Å². The third-order valence-electron chi connectivity index (χ3n) is 8.22. The van der Waals surface area contributed by atoms with Gasteiger partial charge in [-0.3, -0.25) is 0 Å². The largest absolute Gasteiger partial charge is 0.192 e. The lowest BCUT2D eigenvalue weighted by Crippen LogP contribution is -1.97. The molecule has 202 valence electrons. The topological polar surface area (TPSA) is 71.4 Å². The van der Waals surface area contributed by atoms with Crippen molar-refractivity contribution >= 4 is 63.0 Å². The maximum atomic E-state index is 10.7. The van der Waals surface area contributed by atoms with Gasteiger partial charge in [0.2, 0.25) is 0 Å². The minimum Gasteiger partial charge on any atom is -0.192 e. The second-order valence-electron chi connectivity index (χ2n) is 10.6. The smallest absolute Gasteiger partial charge is 0.100 e. The highest BCUT2D eigenvalue weighted by atomic mass is 32.1. The molecule has 0 atom stereocenters. The van der Waals surface area contributed by atoms with E-state index in [0.29, 0.717) is 27.8 Å². The van der Waals surface area contributed by atoms with Crippen molar-refractivity contribution in [2.45, 2.75) is 0 Å². The Morgan fingerprint density at radius 2 is 1.00 bits per heavy atom. The number of fused-ring (bicyclic) bond motifs is 6. The highest BCUT2D eigenvalue weighted by Gasteiger charge is 2.21. The van der Waals surface area contributed by atoms with Gasteiger partial charge in [-0.05, 0) is 71.3 Å². The molecule has 0 bridgehead atoms. The molecule has 0 radical (unpaired) electrons. The van der Waals surface area contributed by atoms with Gasteiger partial charge in [0.25, 0.3) is 0 Å². The molecular formula is C39H19N3S2.